The molecule has 2 aromatic carbocycles. The highest BCUT2D eigenvalue weighted by molar-refractivity contribution is 9.10. The SMILES string of the molecule is CCCCNC.Nc1cc(NCCC2CCOCC2)c2ccc(-n3cccn3)cc2n1.Nc1cc(NCCC2CCOCC2)c2ccc(Br)cc2n1.c1cn[nH]c1. The molecule has 8 N–H and O–H groups in total. The van der Waals surface area contributed by atoms with Gasteiger partial charge in [0.2, 0.25) is 0 Å². The molecule has 4 aromatic heterocycles. The number of anilines is 4. The first-order chi connectivity index (χ1) is 27.9. The summed E-state index contributed by atoms with van der Waals surface area (Å²) in [5, 5.41) is 22.8. The lowest BCUT2D eigenvalue weighted by Crippen LogP contribution is -2.18. The van der Waals surface area contributed by atoms with E-state index < -0.39 is 0 Å². The fourth-order valence-corrected chi connectivity index (χ4v) is 7.13. The number of fused-ring (bicyclic) bond motifs is 2. The van der Waals surface area contributed by atoms with E-state index in [9.17, 15) is 0 Å². The maximum Gasteiger partial charge on any atom is 0.126 e. The number of pyridine rings is 2. The summed E-state index contributed by atoms with van der Waals surface area (Å²) in [6.07, 6.45) is 16.7. The Hall–Kier alpha value is -4.76. The number of H-pyrrole nitrogens is 1. The lowest BCUT2D eigenvalue weighted by Gasteiger charge is -2.22. The van der Waals surface area contributed by atoms with Gasteiger partial charge < -0.3 is 36.9 Å². The minimum Gasteiger partial charge on any atom is -0.384 e. The fourth-order valence-electron chi connectivity index (χ4n) is 6.78. The van der Waals surface area contributed by atoms with E-state index >= 15 is 0 Å². The van der Waals surface area contributed by atoms with Crippen molar-refractivity contribution in [1.82, 2.24) is 35.3 Å². The number of aromatic nitrogens is 6. The van der Waals surface area contributed by atoms with E-state index in [1.807, 2.05) is 60.4 Å². The van der Waals surface area contributed by atoms with Gasteiger partial charge in [-0.15, -0.1) is 0 Å². The van der Waals surface area contributed by atoms with Crippen LogP contribution in [-0.4, -0.2) is 83.1 Å². The molecule has 0 radical (unpaired) electrons. The molecule has 6 heterocycles. The van der Waals surface area contributed by atoms with Crippen LogP contribution in [-0.2, 0) is 9.47 Å². The molecule has 14 heteroatoms. The maximum atomic E-state index is 6.02. The van der Waals surface area contributed by atoms with Crippen molar-refractivity contribution in [3.63, 3.8) is 0 Å². The lowest BCUT2D eigenvalue weighted by molar-refractivity contribution is 0.0648. The van der Waals surface area contributed by atoms with Crippen LogP contribution in [0.3, 0.4) is 0 Å². The summed E-state index contributed by atoms with van der Waals surface area (Å²) < 4.78 is 13.7. The highest BCUT2D eigenvalue weighted by atomic mass is 79.9. The molecule has 2 fully saturated rings. The third-order valence-corrected chi connectivity index (χ3v) is 10.5. The third-order valence-electron chi connectivity index (χ3n) is 9.98. The number of nitrogens with zero attached hydrogens (tertiary/aromatic N) is 5. The Morgan fingerprint density at radius 2 is 1.37 bits per heavy atom. The molecule has 0 unspecified atom stereocenters. The Kier molecular flexibility index (Phi) is 18.3. The van der Waals surface area contributed by atoms with Crippen LogP contribution in [0.4, 0.5) is 23.0 Å². The molecule has 8 rings (SSSR count). The molecule has 2 aliphatic heterocycles. The Balaban J connectivity index is 0.000000174. The number of rotatable bonds is 12. The molecule has 306 valence electrons. The Bertz CT molecular complexity index is 1970. The zero-order valence-electron chi connectivity index (χ0n) is 33.4. The molecular weight excluding hydrogens is 782 g/mol. The third kappa shape index (κ3) is 14.6. The number of nitrogens with two attached hydrogens (primary N) is 2. The fraction of sp³-hybridized carbons (Fsp3) is 0.442. The van der Waals surface area contributed by atoms with Gasteiger partial charge in [-0.3, -0.25) is 5.10 Å². The number of halogens is 1. The van der Waals surface area contributed by atoms with Crippen LogP contribution in [0.15, 0.2) is 89.9 Å². The zero-order valence-corrected chi connectivity index (χ0v) is 35.0. The number of nitrogen functional groups attached to an aromatic ring is 2. The van der Waals surface area contributed by atoms with Crippen molar-refractivity contribution in [2.45, 2.75) is 58.3 Å². The smallest absolute Gasteiger partial charge is 0.126 e. The molecule has 0 saturated carbocycles. The van der Waals surface area contributed by atoms with Crippen molar-refractivity contribution in [2.75, 3.05) is 75.2 Å². The summed E-state index contributed by atoms with van der Waals surface area (Å²) in [5.74, 6) is 2.59. The number of nitrogens with one attached hydrogen (secondary N) is 4. The van der Waals surface area contributed by atoms with Crippen LogP contribution in [0.1, 0.15) is 58.3 Å². The average molecular weight is 843 g/mol. The van der Waals surface area contributed by atoms with Gasteiger partial charge in [0.1, 0.15) is 11.6 Å². The standard InChI is InChI=1S/C19H23N5O.C16H20BrN3O.C5H13N.C3H4N2/c20-19-13-17(21-8-4-14-5-10-25-11-6-14)16-3-2-15(12-18(16)23-19)24-9-1-7-22-24;17-12-1-2-13-14(10-16(18)20-15(13)9-12)19-6-3-11-4-7-21-8-5-11;1-3-4-5-6-2;1-2-4-5-3-1/h1-3,7,9,12-14H,4-6,8,10-11H2,(H3,20,21,23);1-2,9-11H,3-8H2,(H3,18,19,20);6H,3-5H2,1-2H3;1-3H,(H,4,5). The van der Waals surface area contributed by atoms with Crippen LogP contribution in [0.5, 0.6) is 0 Å². The summed E-state index contributed by atoms with van der Waals surface area (Å²) in [5.41, 5.74) is 16.8. The number of aromatic amines is 1. The molecule has 57 heavy (non-hydrogen) atoms. The van der Waals surface area contributed by atoms with Gasteiger partial charge in [0, 0.05) is 103 Å². The number of unbranched alkanes of at least 4 members (excludes halogenated alkanes) is 1. The second kappa shape index (κ2) is 24.1. The second-order valence-corrected chi connectivity index (χ2v) is 15.2. The Labute approximate surface area is 345 Å². The molecule has 0 spiro atoms. The monoisotopic (exact) mass is 841 g/mol. The van der Waals surface area contributed by atoms with E-state index in [0.29, 0.717) is 11.6 Å². The van der Waals surface area contributed by atoms with Crippen molar-refractivity contribution in [3.05, 3.63) is 89.9 Å². The van der Waals surface area contributed by atoms with Crippen LogP contribution in [0.2, 0.25) is 0 Å². The van der Waals surface area contributed by atoms with Gasteiger partial charge in [0.15, 0.2) is 0 Å². The first-order valence-corrected chi connectivity index (χ1v) is 21.0. The normalized spacial score (nSPS) is 14.4. The highest BCUT2D eigenvalue weighted by Gasteiger charge is 2.15. The van der Waals surface area contributed by atoms with Crippen LogP contribution in [0.25, 0.3) is 27.5 Å². The molecule has 0 atom stereocenters. The van der Waals surface area contributed by atoms with Crippen molar-refractivity contribution in [2.24, 2.45) is 11.8 Å². The average Bonchev–Trinajstić information content (AvgIpc) is 4.00. The number of benzene rings is 2. The highest BCUT2D eigenvalue weighted by Crippen LogP contribution is 2.29. The van der Waals surface area contributed by atoms with E-state index in [0.717, 1.165) is 121 Å². The largest absolute Gasteiger partial charge is 0.384 e. The number of hydrogen-bond donors (Lipinski definition) is 6. The lowest BCUT2D eigenvalue weighted by atomic mass is 9.96. The zero-order chi connectivity index (χ0) is 40.1. The minimum absolute atomic E-state index is 0.527. The van der Waals surface area contributed by atoms with E-state index in [4.69, 9.17) is 20.9 Å². The van der Waals surface area contributed by atoms with Crippen molar-refractivity contribution < 1.29 is 9.47 Å². The van der Waals surface area contributed by atoms with Gasteiger partial charge in [0.25, 0.3) is 0 Å². The van der Waals surface area contributed by atoms with Gasteiger partial charge >= 0.3 is 0 Å². The summed E-state index contributed by atoms with van der Waals surface area (Å²) in [7, 11) is 1.98. The van der Waals surface area contributed by atoms with Crippen LogP contribution >= 0.6 is 15.9 Å². The van der Waals surface area contributed by atoms with Gasteiger partial charge in [0.05, 0.1) is 16.7 Å². The van der Waals surface area contributed by atoms with Gasteiger partial charge in [-0.2, -0.15) is 10.2 Å². The summed E-state index contributed by atoms with van der Waals surface area (Å²) >= 11 is 3.47. The van der Waals surface area contributed by atoms with E-state index in [-0.39, 0.29) is 0 Å². The summed E-state index contributed by atoms with van der Waals surface area (Å²) in [6, 6.07) is 19.8. The maximum absolute atomic E-state index is 6.02. The molecule has 0 amide bonds. The Morgan fingerprint density at radius 1 is 0.772 bits per heavy atom. The first kappa shape index (κ1) is 43.4. The summed E-state index contributed by atoms with van der Waals surface area (Å²) in [6.45, 7) is 8.85. The topological polar surface area (TPSA) is 179 Å². The van der Waals surface area contributed by atoms with Crippen molar-refractivity contribution in [1.29, 1.82) is 0 Å². The molecule has 13 nitrogen and oxygen atoms in total. The van der Waals surface area contributed by atoms with E-state index in [1.54, 1.807) is 18.6 Å². The van der Waals surface area contributed by atoms with Crippen LogP contribution in [0, 0.1) is 11.8 Å². The predicted molar refractivity (Wildman–Crippen MR) is 238 cm³/mol. The first-order valence-electron chi connectivity index (χ1n) is 20.2. The van der Waals surface area contributed by atoms with Gasteiger partial charge in [-0.25, -0.2) is 14.6 Å². The van der Waals surface area contributed by atoms with Crippen molar-refractivity contribution in [3.8, 4) is 5.69 Å². The van der Waals surface area contributed by atoms with Gasteiger partial charge in [-0.05, 0) is 119 Å². The number of hydrogen-bond acceptors (Lipinski definition) is 11. The Morgan fingerprint density at radius 3 is 1.84 bits per heavy atom. The van der Waals surface area contributed by atoms with E-state index in [2.05, 4.69) is 82.3 Å². The van der Waals surface area contributed by atoms with Crippen molar-refractivity contribution >= 4 is 60.7 Å². The summed E-state index contributed by atoms with van der Waals surface area (Å²) in [4.78, 5) is 8.87. The molecule has 0 bridgehead atoms. The molecular formula is C43H60BrN11O2. The second-order valence-electron chi connectivity index (χ2n) is 14.3. The molecule has 0 aliphatic carbocycles. The minimum atomic E-state index is 0.527. The predicted octanol–water partition coefficient (Wildman–Crippen LogP) is 8.46. The van der Waals surface area contributed by atoms with E-state index in [1.165, 1.54) is 32.1 Å². The number of ether oxygens (including phenoxy) is 2. The molecule has 2 aliphatic rings. The molecule has 2 saturated heterocycles. The van der Waals surface area contributed by atoms with Gasteiger partial charge in [-0.1, -0.05) is 29.3 Å². The quantitative estimate of drug-likeness (QED) is 0.0652. The van der Waals surface area contributed by atoms with Crippen LogP contribution < -0.4 is 27.4 Å². The molecule has 6 aromatic rings.